The molecule has 0 saturated carbocycles. The van der Waals surface area contributed by atoms with E-state index in [2.05, 4.69) is 31.1 Å². The Morgan fingerprint density at radius 3 is 2.56 bits per heavy atom. The molecule has 0 aliphatic carbocycles. The van der Waals surface area contributed by atoms with E-state index < -0.39 is 0 Å². The molecule has 0 atom stereocenters. The van der Waals surface area contributed by atoms with Crippen LogP contribution in [0.5, 0.6) is 0 Å². The first-order valence-electron chi connectivity index (χ1n) is 9.42. The summed E-state index contributed by atoms with van der Waals surface area (Å²) in [5.41, 5.74) is 0.889. The molecule has 0 fully saturated rings. The molecule has 0 saturated heterocycles. The number of amides is 2. The number of nitrogens with one attached hydrogen (secondary N) is 1. The van der Waals surface area contributed by atoms with Crippen LogP contribution >= 0.6 is 11.3 Å². The Bertz CT molecular complexity index is 528. The van der Waals surface area contributed by atoms with Crippen LogP contribution in [0.4, 0.5) is 5.13 Å². The van der Waals surface area contributed by atoms with E-state index in [-0.39, 0.29) is 18.4 Å². The number of hydrogen-bond acceptors (Lipinski definition) is 4. The molecule has 0 aliphatic heterocycles. The molecule has 0 radical (unpaired) electrons. The van der Waals surface area contributed by atoms with E-state index in [1.807, 2.05) is 12.3 Å². The number of nitrogens with zero attached hydrogens (tertiary/aromatic N) is 2. The Hall–Kier alpha value is -1.43. The SMILES string of the molecule is CCCCCCCC(=O)N(CCC(C)C)CC(=O)Nc1nc(C)cs1. The molecule has 25 heavy (non-hydrogen) atoms. The fourth-order valence-corrected chi connectivity index (χ4v) is 3.19. The van der Waals surface area contributed by atoms with Crippen molar-refractivity contribution in [2.75, 3.05) is 18.4 Å². The first kappa shape index (κ1) is 21.6. The maximum absolute atomic E-state index is 12.5. The van der Waals surface area contributed by atoms with Gasteiger partial charge in [0.25, 0.3) is 0 Å². The molecule has 1 heterocycles. The number of hydrogen-bond donors (Lipinski definition) is 1. The van der Waals surface area contributed by atoms with Crippen LogP contribution in [0.25, 0.3) is 0 Å². The van der Waals surface area contributed by atoms with Gasteiger partial charge in [0.2, 0.25) is 11.8 Å². The molecule has 5 nitrogen and oxygen atoms in total. The van der Waals surface area contributed by atoms with E-state index >= 15 is 0 Å². The maximum Gasteiger partial charge on any atom is 0.245 e. The van der Waals surface area contributed by atoms with Crippen molar-refractivity contribution in [3.8, 4) is 0 Å². The van der Waals surface area contributed by atoms with Gasteiger partial charge in [0.15, 0.2) is 5.13 Å². The summed E-state index contributed by atoms with van der Waals surface area (Å²) in [6, 6.07) is 0. The molecule has 2 amide bonds. The zero-order valence-corrected chi connectivity index (χ0v) is 17.0. The summed E-state index contributed by atoms with van der Waals surface area (Å²) in [4.78, 5) is 30.7. The number of aryl methyl sites for hydroxylation is 1. The molecule has 6 heteroatoms. The Kier molecular flexibility index (Phi) is 10.4. The number of thiazole rings is 1. The largest absolute Gasteiger partial charge is 0.333 e. The lowest BCUT2D eigenvalue weighted by Crippen LogP contribution is -2.39. The lowest BCUT2D eigenvalue weighted by Gasteiger charge is -2.23. The van der Waals surface area contributed by atoms with E-state index in [0.717, 1.165) is 25.0 Å². The highest BCUT2D eigenvalue weighted by molar-refractivity contribution is 7.13. The van der Waals surface area contributed by atoms with Crippen LogP contribution in [0.15, 0.2) is 5.38 Å². The average molecular weight is 368 g/mol. The molecular formula is C19H33N3O2S. The van der Waals surface area contributed by atoms with Crippen LogP contribution in [-0.2, 0) is 9.59 Å². The van der Waals surface area contributed by atoms with Crippen molar-refractivity contribution in [1.82, 2.24) is 9.88 Å². The standard InChI is InChI=1S/C19H33N3O2S/c1-5-6-7-8-9-10-18(24)22(12-11-15(2)3)13-17(23)21-19-20-16(4)14-25-19/h14-15H,5-13H2,1-4H3,(H,20,21,23). The molecule has 0 aromatic carbocycles. The summed E-state index contributed by atoms with van der Waals surface area (Å²) in [6.45, 7) is 9.08. The van der Waals surface area contributed by atoms with Crippen molar-refractivity contribution in [2.45, 2.75) is 72.6 Å². The lowest BCUT2D eigenvalue weighted by atomic mass is 10.1. The second-order valence-corrected chi connectivity index (χ2v) is 7.86. The predicted molar refractivity (Wildman–Crippen MR) is 105 cm³/mol. The Morgan fingerprint density at radius 1 is 1.24 bits per heavy atom. The van der Waals surface area contributed by atoms with E-state index in [1.54, 1.807) is 4.90 Å². The van der Waals surface area contributed by atoms with Crippen LogP contribution in [-0.4, -0.2) is 34.8 Å². The highest BCUT2D eigenvalue weighted by Gasteiger charge is 2.18. The second kappa shape index (κ2) is 12.0. The maximum atomic E-state index is 12.5. The average Bonchev–Trinajstić information content (AvgIpc) is 2.95. The molecule has 1 rings (SSSR count). The number of aromatic nitrogens is 1. The summed E-state index contributed by atoms with van der Waals surface area (Å²) < 4.78 is 0. The van der Waals surface area contributed by atoms with Gasteiger partial charge in [0.05, 0.1) is 12.2 Å². The fourth-order valence-electron chi connectivity index (χ4n) is 2.49. The van der Waals surface area contributed by atoms with Gasteiger partial charge < -0.3 is 10.2 Å². The molecule has 0 aliphatic rings. The van der Waals surface area contributed by atoms with Crippen LogP contribution < -0.4 is 5.32 Å². The highest BCUT2D eigenvalue weighted by atomic mass is 32.1. The number of rotatable bonds is 12. The zero-order chi connectivity index (χ0) is 18.7. The van der Waals surface area contributed by atoms with Gasteiger partial charge in [-0.25, -0.2) is 4.98 Å². The minimum absolute atomic E-state index is 0.0858. The molecule has 1 aromatic heterocycles. The second-order valence-electron chi connectivity index (χ2n) is 7.00. The van der Waals surface area contributed by atoms with Gasteiger partial charge in [0.1, 0.15) is 0 Å². The number of unbranched alkanes of at least 4 members (excludes halogenated alkanes) is 4. The van der Waals surface area contributed by atoms with Crippen LogP contribution in [0, 0.1) is 12.8 Å². The monoisotopic (exact) mass is 367 g/mol. The number of anilines is 1. The molecule has 1 aromatic rings. The third kappa shape index (κ3) is 9.58. The zero-order valence-electron chi connectivity index (χ0n) is 16.1. The highest BCUT2D eigenvalue weighted by Crippen LogP contribution is 2.15. The van der Waals surface area contributed by atoms with Crippen molar-refractivity contribution < 1.29 is 9.59 Å². The van der Waals surface area contributed by atoms with Crippen LogP contribution in [0.1, 0.15) is 71.4 Å². The third-order valence-electron chi connectivity index (χ3n) is 4.02. The van der Waals surface area contributed by atoms with Crippen LogP contribution in [0.2, 0.25) is 0 Å². The van der Waals surface area contributed by atoms with Crippen molar-refractivity contribution in [2.24, 2.45) is 5.92 Å². The van der Waals surface area contributed by atoms with Crippen molar-refractivity contribution in [1.29, 1.82) is 0 Å². The van der Waals surface area contributed by atoms with Gasteiger partial charge in [0, 0.05) is 18.3 Å². The fraction of sp³-hybridized carbons (Fsp3) is 0.737. The van der Waals surface area contributed by atoms with Gasteiger partial charge >= 0.3 is 0 Å². The molecule has 1 N–H and O–H groups in total. The van der Waals surface area contributed by atoms with Gasteiger partial charge in [-0.3, -0.25) is 9.59 Å². The molecule has 0 unspecified atom stereocenters. The van der Waals surface area contributed by atoms with E-state index in [4.69, 9.17) is 0 Å². The smallest absolute Gasteiger partial charge is 0.245 e. The van der Waals surface area contributed by atoms with E-state index in [9.17, 15) is 9.59 Å². The van der Waals surface area contributed by atoms with Crippen molar-refractivity contribution in [3.63, 3.8) is 0 Å². The van der Waals surface area contributed by atoms with Crippen LogP contribution in [0.3, 0.4) is 0 Å². The summed E-state index contributed by atoms with van der Waals surface area (Å²) in [5, 5.41) is 5.29. The summed E-state index contributed by atoms with van der Waals surface area (Å²) in [5.74, 6) is 0.421. The lowest BCUT2D eigenvalue weighted by molar-refractivity contribution is -0.135. The predicted octanol–water partition coefficient (Wildman–Crippen LogP) is 4.63. The van der Waals surface area contributed by atoms with Crippen molar-refractivity contribution in [3.05, 3.63) is 11.1 Å². The van der Waals surface area contributed by atoms with E-state index in [1.165, 1.54) is 30.6 Å². The molecule has 0 spiro atoms. The summed E-state index contributed by atoms with van der Waals surface area (Å²) >= 11 is 1.41. The molecule has 0 bridgehead atoms. The summed E-state index contributed by atoms with van der Waals surface area (Å²) in [7, 11) is 0. The Balaban J connectivity index is 2.49. The number of carbonyl (C=O) groups excluding carboxylic acids is 2. The van der Waals surface area contributed by atoms with Gasteiger partial charge in [-0.15, -0.1) is 11.3 Å². The Labute approximate surface area is 156 Å². The van der Waals surface area contributed by atoms with Gasteiger partial charge in [-0.1, -0.05) is 46.5 Å². The molecule has 142 valence electrons. The van der Waals surface area contributed by atoms with Crippen molar-refractivity contribution >= 4 is 28.3 Å². The minimum Gasteiger partial charge on any atom is -0.333 e. The van der Waals surface area contributed by atoms with E-state index in [0.29, 0.717) is 24.0 Å². The van der Waals surface area contributed by atoms with Gasteiger partial charge in [-0.05, 0) is 25.7 Å². The first-order valence-corrected chi connectivity index (χ1v) is 10.3. The number of carbonyl (C=O) groups is 2. The normalized spacial score (nSPS) is 10.9. The first-order chi connectivity index (χ1) is 11.9. The molecular weight excluding hydrogens is 334 g/mol. The minimum atomic E-state index is -0.169. The Morgan fingerprint density at radius 2 is 1.96 bits per heavy atom. The van der Waals surface area contributed by atoms with Gasteiger partial charge in [-0.2, -0.15) is 0 Å². The third-order valence-corrected chi connectivity index (χ3v) is 4.90. The summed E-state index contributed by atoms with van der Waals surface area (Å²) in [6.07, 6.45) is 7.04. The quantitative estimate of drug-likeness (QED) is 0.548. The topological polar surface area (TPSA) is 62.3 Å².